The molecule has 0 radical (unpaired) electrons. The Balaban J connectivity index is 2.30. The van der Waals surface area contributed by atoms with Gasteiger partial charge in [0.15, 0.2) is 0 Å². The Kier molecular flexibility index (Phi) is 2.73. The van der Waals surface area contributed by atoms with E-state index in [-0.39, 0.29) is 0 Å². The van der Waals surface area contributed by atoms with Gasteiger partial charge in [0.05, 0.1) is 11.7 Å². The lowest BCUT2D eigenvalue weighted by Gasteiger charge is -2.16. The molecule has 0 aliphatic heterocycles. The van der Waals surface area contributed by atoms with E-state index in [0.29, 0.717) is 11.7 Å². The van der Waals surface area contributed by atoms with Gasteiger partial charge in [-0.25, -0.2) is 0 Å². The molecule has 0 spiro atoms. The maximum Gasteiger partial charge on any atom is 0.250 e. The lowest BCUT2D eigenvalue weighted by molar-refractivity contribution is 0.100. The summed E-state index contributed by atoms with van der Waals surface area (Å²) in [7, 11) is 3.76. The average molecular weight is 220 g/mol. The molecule has 0 atom stereocenters. The molecule has 1 amide bonds. The first kappa shape index (κ1) is 10.8. The molecule has 1 aromatic rings. The Bertz CT molecular complexity index is 411. The van der Waals surface area contributed by atoms with Gasteiger partial charge >= 0.3 is 0 Å². The SMILES string of the molecule is CN(C)c1ccc(OC2CC2)cc1C(N)=O. The zero-order chi connectivity index (χ0) is 11.7. The lowest BCUT2D eigenvalue weighted by Crippen LogP contribution is -2.18. The second kappa shape index (κ2) is 4.04. The Morgan fingerprint density at radius 1 is 1.44 bits per heavy atom. The highest BCUT2D eigenvalue weighted by Gasteiger charge is 2.24. The maximum absolute atomic E-state index is 11.3. The Labute approximate surface area is 95.0 Å². The van der Waals surface area contributed by atoms with Gasteiger partial charge in [0.25, 0.3) is 5.91 Å². The van der Waals surface area contributed by atoms with Crippen molar-refractivity contribution in [2.45, 2.75) is 18.9 Å². The minimum Gasteiger partial charge on any atom is -0.490 e. The summed E-state index contributed by atoms with van der Waals surface area (Å²) in [6.07, 6.45) is 2.52. The zero-order valence-corrected chi connectivity index (χ0v) is 9.56. The van der Waals surface area contributed by atoms with Crippen LogP contribution in [-0.2, 0) is 0 Å². The summed E-state index contributed by atoms with van der Waals surface area (Å²) in [6.45, 7) is 0. The standard InChI is InChI=1S/C12H16N2O2/c1-14(2)11-6-5-9(16-8-3-4-8)7-10(11)12(13)15/h5-8H,3-4H2,1-2H3,(H2,13,15). The summed E-state index contributed by atoms with van der Waals surface area (Å²) in [4.78, 5) is 13.2. The van der Waals surface area contributed by atoms with Crippen molar-refractivity contribution in [3.8, 4) is 5.75 Å². The predicted octanol–water partition coefficient (Wildman–Crippen LogP) is 1.39. The first-order valence-corrected chi connectivity index (χ1v) is 5.36. The van der Waals surface area contributed by atoms with Crippen molar-refractivity contribution >= 4 is 11.6 Å². The van der Waals surface area contributed by atoms with E-state index in [4.69, 9.17) is 10.5 Å². The van der Waals surface area contributed by atoms with E-state index >= 15 is 0 Å². The van der Waals surface area contributed by atoms with E-state index in [2.05, 4.69) is 0 Å². The number of anilines is 1. The molecule has 2 rings (SSSR count). The van der Waals surface area contributed by atoms with Crippen molar-refractivity contribution in [3.63, 3.8) is 0 Å². The Morgan fingerprint density at radius 2 is 2.12 bits per heavy atom. The molecule has 0 heterocycles. The van der Waals surface area contributed by atoms with Gasteiger partial charge in [-0.3, -0.25) is 4.79 Å². The number of nitrogens with zero attached hydrogens (tertiary/aromatic N) is 1. The van der Waals surface area contributed by atoms with Crippen LogP contribution >= 0.6 is 0 Å². The largest absolute Gasteiger partial charge is 0.490 e. The van der Waals surface area contributed by atoms with Crippen LogP contribution in [-0.4, -0.2) is 26.1 Å². The van der Waals surface area contributed by atoms with Crippen LogP contribution < -0.4 is 15.4 Å². The zero-order valence-electron chi connectivity index (χ0n) is 9.56. The average Bonchev–Trinajstić information content (AvgIpc) is 3.01. The third kappa shape index (κ3) is 2.27. The van der Waals surface area contributed by atoms with Gasteiger partial charge in [-0.2, -0.15) is 0 Å². The van der Waals surface area contributed by atoms with Gasteiger partial charge in [-0.15, -0.1) is 0 Å². The van der Waals surface area contributed by atoms with Gasteiger partial charge < -0.3 is 15.4 Å². The van der Waals surface area contributed by atoms with Crippen LogP contribution in [0, 0.1) is 0 Å². The molecular weight excluding hydrogens is 204 g/mol. The molecule has 1 aliphatic carbocycles. The number of amides is 1. The fraction of sp³-hybridized carbons (Fsp3) is 0.417. The van der Waals surface area contributed by atoms with Crippen LogP contribution in [0.5, 0.6) is 5.75 Å². The number of hydrogen-bond donors (Lipinski definition) is 1. The van der Waals surface area contributed by atoms with Crippen LogP contribution in [0.3, 0.4) is 0 Å². The fourth-order valence-electron chi connectivity index (χ4n) is 1.55. The van der Waals surface area contributed by atoms with Crippen LogP contribution in [0.25, 0.3) is 0 Å². The maximum atomic E-state index is 11.3. The summed E-state index contributed by atoms with van der Waals surface area (Å²) >= 11 is 0. The van der Waals surface area contributed by atoms with E-state index in [0.717, 1.165) is 24.3 Å². The number of benzene rings is 1. The first-order valence-electron chi connectivity index (χ1n) is 5.36. The van der Waals surface area contributed by atoms with Gasteiger partial charge in [-0.1, -0.05) is 0 Å². The lowest BCUT2D eigenvalue weighted by atomic mass is 10.1. The minimum absolute atomic E-state index is 0.325. The number of carbonyl (C=O) groups is 1. The van der Waals surface area contributed by atoms with Gasteiger partial charge in [0, 0.05) is 19.8 Å². The highest BCUT2D eigenvalue weighted by molar-refractivity contribution is 5.99. The molecule has 1 saturated carbocycles. The van der Waals surface area contributed by atoms with Crippen molar-refractivity contribution in [2.24, 2.45) is 5.73 Å². The molecule has 4 nitrogen and oxygen atoms in total. The third-order valence-corrected chi connectivity index (χ3v) is 2.54. The van der Waals surface area contributed by atoms with Crippen LogP contribution in [0.1, 0.15) is 23.2 Å². The quantitative estimate of drug-likeness (QED) is 0.834. The van der Waals surface area contributed by atoms with E-state index in [1.165, 1.54) is 0 Å². The second-order valence-electron chi connectivity index (χ2n) is 4.25. The molecular formula is C12H16N2O2. The van der Waals surface area contributed by atoms with Crippen LogP contribution in [0.15, 0.2) is 18.2 Å². The highest BCUT2D eigenvalue weighted by Crippen LogP contribution is 2.29. The molecule has 16 heavy (non-hydrogen) atoms. The molecule has 2 N–H and O–H groups in total. The second-order valence-corrected chi connectivity index (χ2v) is 4.25. The summed E-state index contributed by atoms with van der Waals surface area (Å²) in [6, 6.07) is 5.45. The van der Waals surface area contributed by atoms with Crippen LogP contribution in [0.2, 0.25) is 0 Å². The summed E-state index contributed by atoms with van der Waals surface area (Å²) in [5.74, 6) is 0.298. The van der Waals surface area contributed by atoms with Crippen molar-refractivity contribution in [3.05, 3.63) is 23.8 Å². The van der Waals surface area contributed by atoms with Crippen LogP contribution in [0.4, 0.5) is 5.69 Å². The third-order valence-electron chi connectivity index (χ3n) is 2.54. The Hall–Kier alpha value is -1.71. The number of nitrogens with two attached hydrogens (primary N) is 1. The highest BCUT2D eigenvalue weighted by atomic mass is 16.5. The van der Waals surface area contributed by atoms with Gasteiger partial charge in [0.2, 0.25) is 0 Å². The van der Waals surface area contributed by atoms with Gasteiger partial charge in [-0.05, 0) is 31.0 Å². The van der Waals surface area contributed by atoms with E-state index in [9.17, 15) is 4.79 Å². The molecule has 0 aromatic heterocycles. The topological polar surface area (TPSA) is 55.6 Å². The monoisotopic (exact) mass is 220 g/mol. The molecule has 1 aliphatic rings. The summed E-state index contributed by atoms with van der Waals surface area (Å²) in [5, 5.41) is 0. The molecule has 86 valence electrons. The first-order chi connectivity index (χ1) is 7.58. The van der Waals surface area contributed by atoms with Gasteiger partial charge in [0.1, 0.15) is 5.75 Å². The molecule has 4 heteroatoms. The van der Waals surface area contributed by atoms with E-state index in [1.807, 2.05) is 31.1 Å². The van der Waals surface area contributed by atoms with Crippen molar-refractivity contribution in [1.82, 2.24) is 0 Å². The number of primary amides is 1. The predicted molar refractivity (Wildman–Crippen MR) is 62.9 cm³/mol. The van der Waals surface area contributed by atoms with Crippen molar-refractivity contribution in [2.75, 3.05) is 19.0 Å². The van der Waals surface area contributed by atoms with Crippen molar-refractivity contribution in [1.29, 1.82) is 0 Å². The molecule has 0 saturated heterocycles. The summed E-state index contributed by atoms with van der Waals surface area (Å²) in [5.41, 5.74) is 6.66. The molecule has 1 aromatic carbocycles. The van der Waals surface area contributed by atoms with Crippen molar-refractivity contribution < 1.29 is 9.53 Å². The number of hydrogen-bond acceptors (Lipinski definition) is 3. The van der Waals surface area contributed by atoms with E-state index in [1.54, 1.807) is 6.07 Å². The normalized spacial score (nSPS) is 14.6. The smallest absolute Gasteiger partial charge is 0.250 e. The molecule has 0 unspecified atom stereocenters. The number of rotatable bonds is 4. The molecule has 0 bridgehead atoms. The minimum atomic E-state index is -0.426. The number of carbonyl (C=O) groups excluding carboxylic acids is 1. The number of ether oxygens (including phenoxy) is 1. The Morgan fingerprint density at radius 3 is 2.62 bits per heavy atom. The molecule has 1 fully saturated rings. The fourth-order valence-corrected chi connectivity index (χ4v) is 1.55. The van der Waals surface area contributed by atoms with E-state index < -0.39 is 5.91 Å². The summed E-state index contributed by atoms with van der Waals surface area (Å²) < 4.78 is 5.62.